The summed E-state index contributed by atoms with van der Waals surface area (Å²) in [5, 5.41) is 3.89. The predicted molar refractivity (Wildman–Crippen MR) is 237 cm³/mol. The fourth-order valence-corrected chi connectivity index (χ4v) is 9.52. The third kappa shape index (κ3) is 5.32. The van der Waals surface area contributed by atoms with Crippen LogP contribution in [0.1, 0.15) is 30.7 Å². The first-order valence-corrected chi connectivity index (χ1v) is 20.0. The second kappa shape index (κ2) is 13.0. The summed E-state index contributed by atoms with van der Waals surface area (Å²) in [6, 6.07) is 51.8. The summed E-state index contributed by atoms with van der Waals surface area (Å²) in [4.78, 5) is 0. The molecule has 3 unspecified atom stereocenters. The fraction of sp³-hybridized carbons (Fsp3) is 0.111. The van der Waals surface area contributed by atoms with Crippen LogP contribution in [0.5, 0.6) is 0 Å². The molecule has 3 aliphatic carbocycles. The fourth-order valence-electron chi connectivity index (χ4n) is 9.52. The van der Waals surface area contributed by atoms with E-state index in [0.717, 1.165) is 6.42 Å². The summed E-state index contributed by atoms with van der Waals surface area (Å²) >= 11 is 0. The number of allylic oxidation sites excluding steroid dienone is 9. The van der Waals surface area contributed by atoms with Crippen LogP contribution < -0.4 is 0 Å². The van der Waals surface area contributed by atoms with Gasteiger partial charge in [-0.3, -0.25) is 0 Å². The molecule has 0 fully saturated rings. The lowest BCUT2D eigenvalue weighted by atomic mass is 9.78. The molecule has 2 heteroatoms. The highest BCUT2D eigenvalue weighted by atomic mass is 15.0. The zero-order valence-electron chi connectivity index (χ0n) is 31.7. The minimum atomic E-state index is 0.476. The van der Waals surface area contributed by atoms with Crippen molar-refractivity contribution in [1.29, 1.82) is 0 Å². The summed E-state index contributed by atoms with van der Waals surface area (Å²) in [5.41, 5.74) is 17.8. The van der Waals surface area contributed by atoms with Gasteiger partial charge in [0.15, 0.2) is 0 Å². The van der Waals surface area contributed by atoms with E-state index in [2.05, 4.69) is 211 Å². The maximum Gasteiger partial charge on any atom is 0.0541 e. The topological polar surface area (TPSA) is 9.86 Å². The van der Waals surface area contributed by atoms with Crippen molar-refractivity contribution in [1.82, 2.24) is 9.13 Å². The molecule has 268 valence electrons. The lowest BCUT2D eigenvalue weighted by Crippen LogP contribution is -2.14. The average molecular weight is 719 g/mol. The summed E-state index contributed by atoms with van der Waals surface area (Å²) in [7, 11) is 0. The molecule has 0 saturated heterocycles. The lowest BCUT2D eigenvalue weighted by molar-refractivity contribution is 0.585. The maximum absolute atomic E-state index is 2.43. The Morgan fingerprint density at radius 2 is 1.12 bits per heavy atom. The monoisotopic (exact) mass is 718 g/mol. The molecule has 0 radical (unpaired) electrons. The van der Waals surface area contributed by atoms with Crippen LogP contribution in [0.2, 0.25) is 0 Å². The van der Waals surface area contributed by atoms with Crippen molar-refractivity contribution in [2.45, 2.75) is 20.3 Å². The number of aromatic nitrogens is 2. The van der Waals surface area contributed by atoms with Gasteiger partial charge in [0, 0.05) is 39.1 Å². The van der Waals surface area contributed by atoms with E-state index in [0.29, 0.717) is 17.8 Å². The Labute approximate surface area is 328 Å². The van der Waals surface area contributed by atoms with Gasteiger partial charge in [0.1, 0.15) is 0 Å². The number of rotatable bonds is 5. The maximum atomic E-state index is 2.43. The van der Waals surface area contributed by atoms with Crippen LogP contribution in [-0.2, 0) is 6.42 Å². The molecule has 56 heavy (non-hydrogen) atoms. The summed E-state index contributed by atoms with van der Waals surface area (Å²) < 4.78 is 4.84. The van der Waals surface area contributed by atoms with Crippen molar-refractivity contribution in [3.8, 4) is 33.6 Å². The van der Waals surface area contributed by atoms with E-state index in [1.165, 1.54) is 94.3 Å². The second-order valence-corrected chi connectivity index (χ2v) is 15.9. The number of para-hydroxylation sites is 2. The van der Waals surface area contributed by atoms with E-state index in [1.807, 2.05) is 0 Å². The van der Waals surface area contributed by atoms with Gasteiger partial charge in [-0.25, -0.2) is 0 Å². The first-order chi connectivity index (χ1) is 27.6. The lowest BCUT2D eigenvalue weighted by Gasteiger charge is -2.27. The number of fused-ring (bicyclic) bond motifs is 7. The standard InChI is InChI=1S/C54H42N2/c1-35-16-27-52-48(30-35)50-34-41(24-29-54(50)55(52)44-11-4-3-5-12-44)38-19-17-37(18-20-38)40-23-28-53-49(33-40)47-14-8-9-15-51(47)56(53)45-25-21-39(22-26-45)43-31-36(2)46-13-7-6-10-42(46)32-43/h3-29,31-36,46H,30H2,1-2H3. The molecule has 3 atom stereocenters. The number of hydrogen-bond donors (Lipinski definition) is 0. The Hall–Kier alpha value is -6.64. The Kier molecular flexibility index (Phi) is 7.60. The van der Waals surface area contributed by atoms with Gasteiger partial charge in [0.25, 0.3) is 0 Å². The summed E-state index contributed by atoms with van der Waals surface area (Å²) in [6.45, 7) is 4.64. The molecule has 0 amide bonds. The van der Waals surface area contributed by atoms with Gasteiger partial charge < -0.3 is 9.13 Å². The third-order valence-corrected chi connectivity index (χ3v) is 12.4. The molecular weight excluding hydrogens is 677 g/mol. The SMILES string of the molecule is CC1C=Cc2c(c3cc(-c4ccc(-c5ccc6c(c5)c5ccccc5n6-c5ccc(C6=CC(C)C7C=CC=CC7=C6)cc5)cc4)ccc3n2-c2ccccc2)C1. The molecule has 2 heterocycles. The van der Waals surface area contributed by atoms with Gasteiger partial charge in [-0.15, -0.1) is 0 Å². The van der Waals surface area contributed by atoms with Crippen molar-refractivity contribution in [2.75, 3.05) is 0 Å². The molecule has 2 nitrogen and oxygen atoms in total. The molecule has 11 rings (SSSR count). The van der Waals surface area contributed by atoms with Gasteiger partial charge in [0.05, 0.1) is 16.6 Å². The van der Waals surface area contributed by atoms with E-state index in [1.54, 1.807) is 0 Å². The Morgan fingerprint density at radius 1 is 0.500 bits per heavy atom. The zero-order valence-corrected chi connectivity index (χ0v) is 31.7. The molecule has 0 spiro atoms. The van der Waals surface area contributed by atoms with Gasteiger partial charge in [-0.2, -0.15) is 0 Å². The van der Waals surface area contributed by atoms with Crippen molar-refractivity contribution in [2.24, 2.45) is 17.8 Å². The van der Waals surface area contributed by atoms with Crippen LogP contribution in [0.3, 0.4) is 0 Å². The van der Waals surface area contributed by atoms with Crippen LogP contribution in [0.25, 0.3) is 78.0 Å². The number of nitrogens with zero attached hydrogens (tertiary/aromatic N) is 2. The summed E-state index contributed by atoms with van der Waals surface area (Å²) in [5.74, 6) is 1.48. The van der Waals surface area contributed by atoms with E-state index < -0.39 is 0 Å². The minimum absolute atomic E-state index is 0.476. The normalized spacial score (nSPS) is 18.6. The highest BCUT2D eigenvalue weighted by Crippen LogP contribution is 2.40. The predicted octanol–water partition coefficient (Wildman–Crippen LogP) is 14.0. The smallest absolute Gasteiger partial charge is 0.0541 e. The largest absolute Gasteiger partial charge is 0.310 e. The van der Waals surface area contributed by atoms with Crippen LogP contribution in [0.15, 0.2) is 188 Å². The molecule has 3 aliphatic rings. The van der Waals surface area contributed by atoms with Gasteiger partial charge in [-0.1, -0.05) is 141 Å². The number of benzene rings is 6. The van der Waals surface area contributed by atoms with E-state index in [9.17, 15) is 0 Å². The Balaban J connectivity index is 0.928. The molecule has 0 N–H and O–H groups in total. The van der Waals surface area contributed by atoms with Crippen molar-refractivity contribution >= 4 is 44.4 Å². The highest BCUT2D eigenvalue weighted by Gasteiger charge is 2.24. The summed E-state index contributed by atoms with van der Waals surface area (Å²) in [6.07, 6.45) is 19.4. The molecule has 8 aromatic rings. The second-order valence-electron chi connectivity index (χ2n) is 15.9. The quantitative estimate of drug-likeness (QED) is 0.168. The molecule has 0 aliphatic heterocycles. The highest BCUT2D eigenvalue weighted by molar-refractivity contribution is 6.10. The van der Waals surface area contributed by atoms with Gasteiger partial charge in [0.2, 0.25) is 0 Å². The first kappa shape index (κ1) is 32.8. The zero-order chi connectivity index (χ0) is 37.3. The molecule has 0 saturated carbocycles. The van der Waals surface area contributed by atoms with E-state index in [4.69, 9.17) is 0 Å². The van der Waals surface area contributed by atoms with Crippen molar-refractivity contribution in [3.63, 3.8) is 0 Å². The van der Waals surface area contributed by atoms with Crippen LogP contribution >= 0.6 is 0 Å². The van der Waals surface area contributed by atoms with Crippen molar-refractivity contribution < 1.29 is 0 Å². The molecular formula is C54H42N2. The third-order valence-electron chi connectivity index (χ3n) is 12.4. The van der Waals surface area contributed by atoms with Crippen LogP contribution in [0.4, 0.5) is 0 Å². The molecule has 6 aromatic carbocycles. The molecule has 2 aromatic heterocycles. The van der Waals surface area contributed by atoms with E-state index in [-0.39, 0.29) is 0 Å². The van der Waals surface area contributed by atoms with E-state index >= 15 is 0 Å². The van der Waals surface area contributed by atoms with Crippen molar-refractivity contribution in [3.05, 3.63) is 204 Å². The Morgan fingerprint density at radius 3 is 1.89 bits per heavy atom. The number of hydrogen-bond acceptors (Lipinski definition) is 0. The van der Waals surface area contributed by atoms with Crippen LogP contribution in [0, 0.1) is 17.8 Å². The molecule has 0 bridgehead atoms. The van der Waals surface area contributed by atoms with Crippen LogP contribution in [-0.4, -0.2) is 9.13 Å². The van der Waals surface area contributed by atoms with Gasteiger partial charge in [-0.05, 0) is 123 Å². The van der Waals surface area contributed by atoms with Gasteiger partial charge >= 0.3 is 0 Å². The first-order valence-electron chi connectivity index (χ1n) is 20.0. The Bertz CT molecular complexity index is 2990. The minimum Gasteiger partial charge on any atom is -0.310 e. The average Bonchev–Trinajstić information content (AvgIpc) is 3.76.